The zero-order chi connectivity index (χ0) is 17.7. The molecule has 8 nitrogen and oxygen atoms in total. The van der Waals surface area contributed by atoms with Crippen LogP contribution in [0, 0.1) is 13.8 Å². The van der Waals surface area contributed by atoms with E-state index in [-0.39, 0.29) is 18.4 Å². The van der Waals surface area contributed by atoms with Crippen LogP contribution in [-0.2, 0) is 20.9 Å². The molecule has 2 heterocycles. The number of aliphatic hydroxyl groups is 1. The van der Waals surface area contributed by atoms with Crippen LogP contribution in [0.1, 0.15) is 30.7 Å². The van der Waals surface area contributed by atoms with E-state index in [1.807, 2.05) is 13.8 Å². The van der Waals surface area contributed by atoms with E-state index in [1.165, 1.54) is 4.90 Å². The van der Waals surface area contributed by atoms with Crippen LogP contribution in [0.3, 0.4) is 0 Å². The van der Waals surface area contributed by atoms with E-state index in [9.17, 15) is 14.7 Å². The highest BCUT2D eigenvalue weighted by molar-refractivity contribution is 5.96. The van der Waals surface area contributed by atoms with Gasteiger partial charge in [0.1, 0.15) is 6.10 Å². The summed E-state index contributed by atoms with van der Waals surface area (Å²) >= 11 is 0. The molecule has 0 bridgehead atoms. The predicted molar refractivity (Wildman–Crippen MR) is 88.6 cm³/mol. The number of aliphatic hydroxyl groups excluding tert-OH is 1. The SMILES string of the molecule is COCCn1nc(C)c(NC(=O)CN2CCCCC(O)C2=O)c1C. The molecule has 0 radical (unpaired) electrons. The second kappa shape index (κ2) is 8.25. The number of nitrogens with one attached hydrogen (secondary N) is 1. The minimum atomic E-state index is -0.999. The Kier molecular flexibility index (Phi) is 6.33. The first kappa shape index (κ1) is 18.4. The number of carbonyl (C=O) groups is 2. The quantitative estimate of drug-likeness (QED) is 0.785. The van der Waals surface area contributed by atoms with Gasteiger partial charge in [-0.25, -0.2) is 0 Å². The number of rotatable bonds is 6. The molecule has 1 fully saturated rings. The Labute approximate surface area is 141 Å². The van der Waals surface area contributed by atoms with Crippen LogP contribution in [0.2, 0.25) is 0 Å². The van der Waals surface area contributed by atoms with Crippen molar-refractivity contribution in [3.05, 3.63) is 11.4 Å². The first-order valence-electron chi connectivity index (χ1n) is 8.23. The van der Waals surface area contributed by atoms with E-state index in [1.54, 1.807) is 11.8 Å². The molecular weight excluding hydrogens is 312 g/mol. The van der Waals surface area contributed by atoms with Crippen LogP contribution >= 0.6 is 0 Å². The number of aromatic nitrogens is 2. The third kappa shape index (κ3) is 4.33. The average Bonchev–Trinajstić information content (AvgIpc) is 2.71. The van der Waals surface area contributed by atoms with Crippen molar-refractivity contribution in [1.82, 2.24) is 14.7 Å². The molecule has 1 atom stereocenters. The summed E-state index contributed by atoms with van der Waals surface area (Å²) in [6.07, 6.45) is 1.04. The third-order valence-corrected chi connectivity index (χ3v) is 4.24. The maximum absolute atomic E-state index is 12.3. The fourth-order valence-electron chi connectivity index (χ4n) is 2.87. The normalized spacial score (nSPS) is 18.6. The molecular formula is C16H26N4O4. The van der Waals surface area contributed by atoms with E-state index < -0.39 is 6.10 Å². The lowest BCUT2D eigenvalue weighted by atomic mass is 10.2. The van der Waals surface area contributed by atoms with Gasteiger partial charge < -0.3 is 20.1 Å². The van der Waals surface area contributed by atoms with E-state index in [0.29, 0.717) is 31.8 Å². The number of methoxy groups -OCH3 is 1. The number of ether oxygens (including phenoxy) is 1. The standard InChI is InChI=1S/C16H26N4O4/c1-11-15(12(2)20(18-11)8-9-24-3)17-14(22)10-19-7-5-4-6-13(21)16(19)23/h13,21H,4-10H2,1-3H3,(H,17,22). The number of carbonyl (C=O) groups excluding carboxylic acids is 2. The van der Waals surface area contributed by atoms with Gasteiger partial charge in [0.05, 0.1) is 36.8 Å². The first-order valence-corrected chi connectivity index (χ1v) is 8.23. The van der Waals surface area contributed by atoms with E-state index in [2.05, 4.69) is 10.4 Å². The van der Waals surface area contributed by atoms with Crippen molar-refractivity contribution in [2.45, 2.75) is 45.8 Å². The highest BCUT2D eigenvalue weighted by atomic mass is 16.5. The van der Waals surface area contributed by atoms with Gasteiger partial charge in [-0.1, -0.05) is 0 Å². The molecule has 8 heteroatoms. The van der Waals surface area contributed by atoms with Crippen LogP contribution < -0.4 is 5.32 Å². The lowest BCUT2D eigenvalue weighted by Crippen LogP contribution is -2.42. The number of amides is 2. The van der Waals surface area contributed by atoms with Crippen LogP contribution in [0.4, 0.5) is 5.69 Å². The van der Waals surface area contributed by atoms with Gasteiger partial charge >= 0.3 is 0 Å². The number of aryl methyl sites for hydroxylation is 1. The Balaban J connectivity index is 2.01. The van der Waals surface area contributed by atoms with E-state index in [4.69, 9.17) is 4.74 Å². The van der Waals surface area contributed by atoms with Crippen molar-refractivity contribution in [3.63, 3.8) is 0 Å². The molecule has 1 aliphatic rings. The van der Waals surface area contributed by atoms with Crippen LogP contribution in [0.5, 0.6) is 0 Å². The highest BCUT2D eigenvalue weighted by Crippen LogP contribution is 2.19. The number of hydrogen-bond acceptors (Lipinski definition) is 5. The molecule has 1 aliphatic heterocycles. The van der Waals surface area contributed by atoms with Gasteiger partial charge in [0.15, 0.2) is 0 Å². The second-order valence-electron chi connectivity index (χ2n) is 6.08. The molecule has 1 aromatic heterocycles. The van der Waals surface area contributed by atoms with Gasteiger partial charge in [-0.05, 0) is 33.1 Å². The molecule has 0 spiro atoms. The topological polar surface area (TPSA) is 96.7 Å². The summed E-state index contributed by atoms with van der Waals surface area (Å²) in [6, 6.07) is 0. The van der Waals surface area contributed by atoms with Gasteiger partial charge in [-0.2, -0.15) is 5.10 Å². The van der Waals surface area contributed by atoms with Crippen LogP contribution in [-0.4, -0.2) is 64.5 Å². The van der Waals surface area contributed by atoms with Gasteiger partial charge in [-0.3, -0.25) is 14.3 Å². The molecule has 2 rings (SSSR count). The Bertz CT molecular complexity index is 599. The monoisotopic (exact) mass is 338 g/mol. The Hall–Kier alpha value is -1.93. The molecule has 134 valence electrons. The number of likely N-dealkylation sites (tertiary alicyclic amines) is 1. The summed E-state index contributed by atoms with van der Waals surface area (Å²) in [7, 11) is 1.63. The predicted octanol–water partition coefficient (Wildman–Crippen LogP) is 0.458. The molecule has 1 unspecified atom stereocenters. The highest BCUT2D eigenvalue weighted by Gasteiger charge is 2.26. The molecule has 0 aliphatic carbocycles. The summed E-state index contributed by atoms with van der Waals surface area (Å²) in [6.45, 7) is 5.29. The molecule has 1 aromatic rings. The fraction of sp³-hybridized carbons (Fsp3) is 0.688. The second-order valence-corrected chi connectivity index (χ2v) is 6.08. The van der Waals surface area contributed by atoms with Crippen molar-refractivity contribution in [2.24, 2.45) is 0 Å². The zero-order valence-corrected chi connectivity index (χ0v) is 14.5. The average molecular weight is 338 g/mol. The largest absolute Gasteiger partial charge is 0.383 e. The summed E-state index contributed by atoms with van der Waals surface area (Å²) in [4.78, 5) is 25.8. The van der Waals surface area contributed by atoms with Crippen LogP contribution in [0.15, 0.2) is 0 Å². The lowest BCUT2D eigenvalue weighted by molar-refractivity contribution is -0.141. The summed E-state index contributed by atoms with van der Waals surface area (Å²) in [5.41, 5.74) is 2.23. The molecule has 0 aromatic carbocycles. The minimum absolute atomic E-state index is 0.0575. The van der Waals surface area contributed by atoms with E-state index in [0.717, 1.165) is 24.2 Å². The van der Waals surface area contributed by atoms with E-state index >= 15 is 0 Å². The number of nitrogens with zero attached hydrogens (tertiary/aromatic N) is 3. The smallest absolute Gasteiger partial charge is 0.251 e. The molecule has 1 saturated heterocycles. The zero-order valence-electron chi connectivity index (χ0n) is 14.5. The van der Waals surface area contributed by atoms with Gasteiger partial charge in [0, 0.05) is 13.7 Å². The first-order chi connectivity index (χ1) is 11.4. The minimum Gasteiger partial charge on any atom is -0.383 e. The maximum atomic E-state index is 12.3. The van der Waals surface area contributed by atoms with Crippen molar-refractivity contribution in [3.8, 4) is 0 Å². The molecule has 0 saturated carbocycles. The fourth-order valence-corrected chi connectivity index (χ4v) is 2.87. The van der Waals surface area contributed by atoms with Crippen LogP contribution in [0.25, 0.3) is 0 Å². The van der Waals surface area contributed by atoms with Crippen molar-refractivity contribution in [2.75, 3.05) is 32.1 Å². The Morgan fingerprint density at radius 3 is 2.88 bits per heavy atom. The third-order valence-electron chi connectivity index (χ3n) is 4.24. The number of hydrogen-bond donors (Lipinski definition) is 2. The molecule has 24 heavy (non-hydrogen) atoms. The van der Waals surface area contributed by atoms with Gasteiger partial charge in [0.2, 0.25) is 5.91 Å². The Morgan fingerprint density at radius 2 is 2.17 bits per heavy atom. The maximum Gasteiger partial charge on any atom is 0.251 e. The van der Waals surface area contributed by atoms with Crippen molar-refractivity contribution in [1.29, 1.82) is 0 Å². The summed E-state index contributed by atoms with van der Waals surface area (Å²) in [5.74, 6) is -0.651. The Morgan fingerprint density at radius 1 is 1.42 bits per heavy atom. The molecule has 2 N–H and O–H groups in total. The lowest BCUT2D eigenvalue weighted by Gasteiger charge is -2.21. The summed E-state index contributed by atoms with van der Waals surface area (Å²) < 4.78 is 6.84. The number of anilines is 1. The van der Waals surface area contributed by atoms with Gasteiger partial charge in [0.25, 0.3) is 5.91 Å². The molecule has 2 amide bonds. The van der Waals surface area contributed by atoms with Crippen molar-refractivity contribution < 1.29 is 19.4 Å². The summed E-state index contributed by atoms with van der Waals surface area (Å²) in [5, 5.41) is 17.0. The van der Waals surface area contributed by atoms with Crippen molar-refractivity contribution >= 4 is 17.5 Å². The van der Waals surface area contributed by atoms with Gasteiger partial charge in [-0.15, -0.1) is 0 Å².